The Kier molecular flexibility index (Phi) is 5.69. The molecule has 22 heavy (non-hydrogen) atoms. The lowest BCUT2D eigenvalue weighted by atomic mass is 10.0. The van der Waals surface area contributed by atoms with E-state index in [1.165, 1.54) is 0 Å². The van der Waals surface area contributed by atoms with Crippen LogP contribution in [-0.2, 0) is 0 Å². The van der Waals surface area contributed by atoms with E-state index in [-0.39, 0.29) is 6.10 Å². The molecule has 0 aliphatic carbocycles. The summed E-state index contributed by atoms with van der Waals surface area (Å²) in [5, 5.41) is 11.2. The molecule has 0 heterocycles. The van der Waals surface area contributed by atoms with E-state index in [0.29, 0.717) is 16.5 Å². The van der Waals surface area contributed by atoms with Crippen LogP contribution in [0.4, 0.5) is 0 Å². The molecule has 0 saturated carbocycles. The van der Waals surface area contributed by atoms with Gasteiger partial charge >= 0.3 is 0 Å². The third kappa shape index (κ3) is 3.93. The van der Waals surface area contributed by atoms with Crippen LogP contribution < -0.4 is 9.47 Å². The highest BCUT2D eigenvalue weighted by atomic mass is 35.5. The number of rotatable bonds is 6. The van der Waals surface area contributed by atoms with Crippen LogP contribution in [0, 0.1) is 0 Å². The number of benzene rings is 2. The summed E-state index contributed by atoms with van der Waals surface area (Å²) in [5.41, 5.74) is 1.53. The van der Waals surface area contributed by atoms with Crippen LogP contribution in [0.15, 0.2) is 42.5 Å². The quantitative estimate of drug-likeness (QED) is 0.845. The van der Waals surface area contributed by atoms with Crippen LogP contribution in [0.3, 0.4) is 0 Å². The topological polar surface area (TPSA) is 38.7 Å². The highest BCUT2D eigenvalue weighted by Crippen LogP contribution is 2.33. The van der Waals surface area contributed by atoms with E-state index in [1.807, 2.05) is 37.3 Å². The highest BCUT2D eigenvalue weighted by Gasteiger charge is 2.15. The number of hydrogen-bond donors (Lipinski definition) is 1. The van der Waals surface area contributed by atoms with Gasteiger partial charge < -0.3 is 14.6 Å². The molecule has 0 saturated heterocycles. The number of halogens is 1. The van der Waals surface area contributed by atoms with Crippen molar-refractivity contribution in [3.8, 4) is 11.5 Å². The van der Waals surface area contributed by atoms with E-state index in [1.54, 1.807) is 19.2 Å². The van der Waals surface area contributed by atoms with Crippen LogP contribution in [0.2, 0.25) is 5.02 Å². The Labute approximate surface area is 136 Å². The standard InChI is InChI=1S/C18H21ClO3/c1-4-12(2)22-17-11-14(7-10-16(17)21-3)18(20)13-5-8-15(19)9-6-13/h5-12,18,20H,4H2,1-3H3. The van der Waals surface area contributed by atoms with E-state index < -0.39 is 6.10 Å². The Hall–Kier alpha value is -1.71. The van der Waals surface area contributed by atoms with E-state index in [0.717, 1.165) is 17.5 Å². The van der Waals surface area contributed by atoms with Gasteiger partial charge in [0.05, 0.1) is 13.2 Å². The minimum atomic E-state index is -0.734. The first-order chi connectivity index (χ1) is 10.5. The average Bonchev–Trinajstić information content (AvgIpc) is 2.54. The van der Waals surface area contributed by atoms with Crippen molar-refractivity contribution in [2.24, 2.45) is 0 Å². The maximum absolute atomic E-state index is 10.5. The number of aliphatic hydroxyl groups is 1. The summed E-state index contributed by atoms with van der Waals surface area (Å²) < 4.78 is 11.2. The summed E-state index contributed by atoms with van der Waals surface area (Å²) in [4.78, 5) is 0. The van der Waals surface area contributed by atoms with Crippen molar-refractivity contribution >= 4 is 11.6 Å². The molecule has 4 heteroatoms. The van der Waals surface area contributed by atoms with Crippen molar-refractivity contribution in [3.05, 3.63) is 58.6 Å². The van der Waals surface area contributed by atoms with Crippen LogP contribution in [0.1, 0.15) is 37.5 Å². The molecule has 2 aromatic rings. The third-order valence-electron chi connectivity index (χ3n) is 3.59. The van der Waals surface area contributed by atoms with Crippen LogP contribution in [-0.4, -0.2) is 18.3 Å². The van der Waals surface area contributed by atoms with Crippen LogP contribution in [0.5, 0.6) is 11.5 Å². The largest absolute Gasteiger partial charge is 0.493 e. The molecular formula is C18H21ClO3. The van der Waals surface area contributed by atoms with Gasteiger partial charge in [0.2, 0.25) is 0 Å². The Bertz CT molecular complexity index is 610. The first-order valence-electron chi connectivity index (χ1n) is 7.33. The molecule has 0 fully saturated rings. The van der Waals surface area contributed by atoms with Gasteiger partial charge in [-0.3, -0.25) is 0 Å². The molecule has 3 nitrogen and oxygen atoms in total. The molecule has 1 N–H and O–H groups in total. The van der Waals surface area contributed by atoms with Gasteiger partial charge in [0, 0.05) is 5.02 Å². The lowest BCUT2D eigenvalue weighted by Crippen LogP contribution is -2.11. The van der Waals surface area contributed by atoms with Gasteiger partial charge in [-0.25, -0.2) is 0 Å². The summed E-state index contributed by atoms with van der Waals surface area (Å²) in [6, 6.07) is 12.6. The van der Waals surface area contributed by atoms with Gasteiger partial charge in [-0.15, -0.1) is 0 Å². The lowest BCUT2D eigenvalue weighted by molar-refractivity contribution is 0.202. The van der Waals surface area contributed by atoms with Gasteiger partial charge in [0.15, 0.2) is 11.5 Å². The number of aliphatic hydroxyl groups excluding tert-OH is 1. The fourth-order valence-corrected chi connectivity index (χ4v) is 2.22. The Morgan fingerprint density at radius 1 is 1.05 bits per heavy atom. The summed E-state index contributed by atoms with van der Waals surface area (Å²) in [6.07, 6.45) is 0.243. The molecular weight excluding hydrogens is 300 g/mol. The minimum absolute atomic E-state index is 0.0804. The number of ether oxygens (including phenoxy) is 2. The summed E-state index contributed by atoms with van der Waals surface area (Å²) >= 11 is 5.88. The van der Waals surface area contributed by atoms with E-state index in [4.69, 9.17) is 21.1 Å². The molecule has 2 rings (SSSR count). The second-order valence-electron chi connectivity index (χ2n) is 5.20. The lowest BCUT2D eigenvalue weighted by Gasteiger charge is -2.18. The summed E-state index contributed by atoms with van der Waals surface area (Å²) in [7, 11) is 1.61. The van der Waals surface area contributed by atoms with Crippen molar-refractivity contribution < 1.29 is 14.6 Å². The van der Waals surface area contributed by atoms with E-state index in [9.17, 15) is 5.11 Å². The van der Waals surface area contributed by atoms with Crippen molar-refractivity contribution in [1.29, 1.82) is 0 Å². The molecule has 0 spiro atoms. The van der Waals surface area contributed by atoms with Crippen molar-refractivity contribution in [2.75, 3.05) is 7.11 Å². The molecule has 0 bridgehead atoms. The molecule has 0 aliphatic rings. The predicted octanol–water partition coefficient (Wildman–Crippen LogP) is 4.61. The molecule has 2 atom stereocenters. The zero-order valence-corrected chi connectivity index (χ0v) is 13.8. The summed E-state index contributed by atoms with van der Waals surface area (Å²) in [5.74, 6) is 1.30. The molecule has 0 aliphatic heterocycles. The van der Waals surface area contributed by atoms with E-state index >= 15 is 0 Å². The second-order valence-corrected chi connectivity index (χ2v) is 5.64. The van der Waals surface area contributed by atoms with Crippen molar-refractivity contribution in [2.45, 2.75) is 32.5 Å². The highest BCUT2D eigenvalue weighted by molar-refractivity contribution is 6.30. The summed E-state index contributed by atoms with van der Waals surface area (Å²) in [6.45, 7) is 4.06. The average molecular weight is 321 g/mol. The van der Waals surface area contributed by atoms with Crippen LogP contribution in [0.25, 0.3) is 0 Å². The maximum Gasteiger partial charge on any atom is 0.161 e. The maximum atomic E-state index is 10.5. The normalized spacial score (nSPS) is 13.5. The molecule has 118 valence electrons. The Balaban J connectivity index is 2.30. The van der Waals surface area contributed by atoms with Gasteiger partial charge in [-0.05, 0) is 48.7 Å². The van der Waals surface area contributed by atoms with E-state index in [2.05, 4.69) is 6.92 Å². The molecule has 0 amide bonds. The first kappa shape index (κ1) is 16.7. The number of methoxy groups -OCH3 is 1. The van der Waals surface area contributed by atoms with Gasteiger partial charge in [-0.2, -0.15) is 0 Å². The second kappa shape index (κ2) is 7.52. The number of hydrogen-bond acceptors (Lipinski definition) is 3. The first-order valence-corrected chi connectivity index (χ1v) is 7.71. The zero-order chi connectivity index (χ0) is 16.1. The molecule has 2 aromatic carbocycles. The minimum Gasteiger partial charge on any atom is -0.493 e. The molecule has 2 unspecified atom stereocenters. The smallest absolute Gasteiger partial charge is 0.161 e. The SMILES string of the molecule is CCC(C)Oc1cc(C(O)c2ccc(Cl)cc2)ccc1OC. The molecule has 0 aromatic heterocycles. The Morgan fingerprint density at radius 2 is 1.68 bits per heavy atom. The Morgan fingerprint density at radius 3 is 2.27 bits per heavy atom. The predicted molar refractivity (Wildman–Crippen MR) is 88.9 cm³/mol. The fourth-order valence-electron chi connectivity index (χ4n) is 2.09. The monoisotopic (exact) mass is 320 g/mol. The van der Waals surface area contributed by atoms with Gasteiger partial charge in [-0.1, -0.05) is 36.7 Å². The molecule has 0 radical (unpaired) electrons. The fraction of sp³-hybridized carbons (Fsp3) is 0.333. The zero-order valence-electron chi connectivity index (χ0n) is 13.0. The van der Waals surface area contributed by atoms with Gasteiger partial charge in [0.25, 0.3) is 0 Å². The van der Waals surface area contributed by atoms with Crippen LogP contribution >= 0.6 is 11.6 Å². The third-order valence-corrected chi connectivity index (χ3v) is 3.84. The van der Waals surface area contributed by atoms with Crippen molar-refractivity contribution in [1.82, 2.24) is 0 Å². The van der Waals surface area contributed by atoms with Gasteiger partial charge in [0.1, 0.15) is 6.10 Å². The van der Waals surface area contributed by atoms with Crippen molar-refractivity contribution in [3.63, 3.8) is 0 Å².